The van der Waals surface area contributed by atoms with Crippen LogP contribution in [0.1, 0.15) is 10.4 Å². The number of nitrogens with one attached hydrogen (secondary N) is 2. The number of aromatic nitrogens is 1. The van der Waals surface area contributed by atoms with Gasteiger partial charge in [-0.2, -0.15) is 0 Å². The lowest BCUT2D eigenvalue weighted by Gasteiger charge is -2.12. The van der Waals surface area contributed by atoms with Crippen LogP contribution >= 0.6 is 11.6 Å². The van der Waals surface area contributed by atoms with Gasteiger partial charge in [-0.05, 0) is 54.6 Å². The van der Waals surface area contributed by atoms with E-state index in [0.29, 0.717) is 33.5 Å². The Hall–Kier alpha value is -3.12. The summed E-state index contributed by atoms with van der Waals surface area (Å²) >= 11 is 5.94. The number of pyridine rings is 1. The fourth-order valence-corrected chi connectivity index (χ4v) is 2.36. The third-order valence-corrected chi connectivity index (χ3v) is 3.66. The van der Waals surface area contributed by atoms with E-state index in [1.54, 1.807) is 48.7 Å². The monoisotopic (exact) mass is 356 g/mol. The number of halogens is 2. The fourth-order valence-electron chi connectivity index (χ4n) is 2.18. The van der Waals surface area contributed by atoms with E-state index in [4.69, 9.17) is 17.3 Å². The molecule has 3 rings (SSSR count). The molecule has 0 saturated carbocycles. The number of carbonyl (C=O) groups is 1. The molecule has 1 aromatic heterocycles. The normalized spacial score (nSPS) is 10.3. The number of amides is 1. The number of nitrogens with two attached hydrogens (primary N) is 1. The highest BCUT2D eigenvalue weighted by Gasteiger charge is 2.14. The van der Waals surface area contributed by atoms with Crippen molar-refractivity contribution in [2.24, 2.45) is 0 Å². The summed E-state index contributed by atoms with van der Waals surface area (Å²) in [5.41, 5.74) is 7.58. The molecule has 4 N–H and O–H groups in total. The van der Waals surface area contributed by atoms with Gasteiger partial charge in [-0.15, -0.1) is 0 Å². The summed E-state index contributed by atoms with van der Waals surface area (Å²) in [5.74, 6) is -0.403. The Morgan fingerprint density at radius 3 is 2.64 bits per heavy atom. The summed E-state index contributed by atoms with van der Waals surface area (Å²) in [6, 6.07) is 13.8. The van der Waals surface area contributed by atoms with Crippen molar-refractivity contribution >= 4 is 40.4 Å². The van der Waals surface area contributed by atoms with Crippen molar-refractivity contribution in [3.05, 3.63) is 77.2 Å². The molecule has 0 spiro atoms. The maximum Gasteiger partial charge on any atom is 0.259 e. The molecule has 1 amide bonds. The first-order valence-electron chi connectivity index (χ1n) is 7.37. The maximum atomic E-state index is 13.0. The molecule has 0 aliphatic rings. The summed E-state index contributed by atoms with van der Waals surface area (Å²) < 4.78 is 13.0. The molecule has 0 aliphatic carbocycles. The standard InChI is InChI=1S/C18H14ClFN4O/c19-11-3-8-15(21)16(10-11)24-18(25)14-2-1-9-22-17(14)23-13-6-4-12(20)5-7-13/h1-10H,21H2,(H,22,23)(H,24,25). The zero-order chi connectivity index (χ0) is 17.8. The van der Waals surface area contributed by atoms with E-state index in [2.05, 4.69) is 15.6 Å². The summed E-state index contributed by atoms with van der Waals surface area (Å²) in [6.45, 7) is 0. The first kappa shape index (κ1) is 16.7. The fraction of sp³-hybridized carbons (Fsp3) is 0. The van der Waals surface area contributed by atoms with E-state index in [9.17, 15) is 9.18 Å². The summed E-state index contributed by atoms with van der Waals surface area (Å²) in [7, 11) is 0. The average molecular weight is 357 g/mol. The van der Waals surface area contributed by atoms with Crippen LogP contribution in [0.15, 0.2) is 60.8 Å². The molecular weight excluding hydrogens is 343 g/mol. The van der Waals surface area contributed by atoms with Gasteiger partial charge in [0.25, 0.3) is 5.91 Å². The summed E-state index contributed by atoms with van der Waals surface area (Å²) in [6.07, 6.45) is 1.55. The van der Waals surface area contributed by atoms with E-state index < -0.39 is 5.91 Å². The minimum Gasteiger partial charge on any atom is -0.397 e. The molecule has 1 heterocycles. The number of hydrogen-bond acceptors (Lipinski definition) is 4. The number of hydrogen-bond donors (Lipinski definition) is 3. The lowest BCUT2D eigenvalue weighted by Crippen LogP contribution is -2.15. The van der Waals surface area contributed by atoms with Gasteiger partial charge in [0.2, 0.25) is 0 Å². The quantitative estimate of drug-likeness (QED) is 0.603. The van der Waals surface area contributed by atoms with Gasteiger partial charge in [-0.3, -0.25) is 4.79 Å². The Bertz CT molecular complexity index is 915. The molecule has 0 aliphatic heterocycles. The van der Waals surface area contributed by atoms with E-state index in [1.165, 1.54) is 12.1 Å². The van der Waals surface area contributed by atoms with Gasteiger partial charge in [0.1, 0.15) is 11.6 Å². The highest BCUT2D eigenvalue weighted by Crippen LogP contribution is 2.25. The number of benzene rings is 2. The minimum absolute atomic E-state index is 0.311. The molecule has 7 heteroatoms. The van der Waals surface area contributed by atoms with Gasteiger partial charge in [-0.1, -0.05) is 11.6 Å². The molecule has 25 heavy (non-hydrogen) atoms. The van der Waals surface area contributed by atoms with Crippen molar-refractivity contribution in [3.63, 3.8) is 0 Å². The lowest BCUT2D eigenvalue weighted by molar-refractivity contribution is 0.102. The first-order valence-corrected chi connectivity index (χ1v) is 7.75. The van der Waals surface area contributed by atoms with Crippen molar-refractivity contribution in [2.75, 3.05) is 16.4 Å². The third-order valence-electron chi connectivity index (χ3n) is 3.42. The second-order valence-corrected chi connectivity index (χ2v) is 5.65. The Morgan fingerprint density at radius 2 is 1.88 bits per heavy atom. The number of nitrogens with zero attached hydrogens (tertiary/aromatic N) is 1. The third kappa shape index (κ3) is 4.05. The maximum absolute atomic E-state index is 13.0. The Morgan fingerprint density at radius 1 is 1.12 bits per heavy atom. The Kier molecular flexibility index (Phi) is 4.81. The van der Waals surface area contributed by atoms with Crippen LogP contribution in [-0.4, -0.2) is 10.9 Å². The summed E-state index contributed by atoms with van der Waals surface area (Å²) in [4.78, 5) is 16.8. The number of anilines is 4. The number of rotatable bonds is 4. The molecule has 0 bridgehead atoms. The van der Waals surface area contributed by atoms with Crippen LogP contribution in [0, 0.1) is 5.82 Å². The van der Waals surface area contributed by atoms with Crippen LogP contribution in [0.4, 0.5) is 27.3 Å². The molecule has 3 aromatic rings. The van der Waals surface area contributed by atoms with E-state index in [0.717, 1.165) is 0 Å². The molecule has 0 atom stereocenters. The van der Waals surface area contributed by atoms with Crippen molar-refractivity contribution in [1.82, 2.24) is 4.98 Å². The predicted octanol–water partition coefficient (Wildman–Crippen LogP) is 4.45. The van der Waals surface area contributed by atoms with Crippen LogP contribution in [0.3, 0.4) is 0 Å². The van der Waals surface area contributed by atoms with E-state index in [1.807, 2.05) is 0 Å². The van der Waals surface area contributed by atoms with Crippen molar-refractivity contribution < 1.29 is 9.18 Å². The zero-order valence-corrected chi connectivity index (χ0v) is 13.7. The van der Waals surface area contributed by atoms with Gasteiger partial charge in [0, 0.05) is 16.9 Å². The van der Waals surface area contributed by atoms with E-state index in [-0.39, 0.29) is 5.82 Å². The number of carbonyl (C=O) groups excluding carboxylic acids is 1. The van der Waals surface area contributed by atoms with Crippen molar-refractivity contribution in [2.45, 2.75) is 0 Å². The SMILES string of the molecule is Nc1ccc(Cl)cc1NC(=O)c1cccnc1Nc1ccc(F)cc1. The van der Waals surface area contributed by atoms with Gasteiger partial charge in [0.05, 0.1) is 16.9 Å². The second kappa shape index (κ2) is 7.19. The molecular formula is C18H14ClFN4O. The molecule has 126 valence electrons. The van der Waals surface area contributed by atoms with Crippen LogP contribution in [0.5, 0.6) is 0 Å². The van der Waals surface area contributed by atoms with Gasteiger partial charge < -0.3 is 16.4 Å². The van der Waals surface area contributed by atoms with E-state index >= 15 is 0 Å². The molecule has 5 nitrogen and oxygen atoms in total. The Balaban J connectivity index is 1.85. The van der Waals surface area contributed by atoms with Crippen LogP contribution < -0.4 is 16.4 Å². The lowest BCUT2D eigenvalue weighted by atomic mass is 10.2. The van der Waals surface area contributed by atoms with Crippen molar-refractivity contribution in [3.8, 4) is 0 Å². The van der Waals surface area contributed by atoms with Crippen molar-refractivity contribution in [1.29, 1.82) is 0 Å². The van der Waals surface area contributed by atoms with Crippen LogP contribution in [-0.2, 0) is 0 Å². The average Bonchev–Trinajstić information content (AvgIpc) is 2.60. The minimum atomic E-state index is -0.397. The molecule has 0 unspecified atom stereocenters. The predicted molar refractivity (Wildman–Crippen MR) is 97.7 cm³/mol. The molecule has 0 radical (unpaired) electrons. The number of nitrogen functional groups attached to an aromatic ring is 1. The molecule has 2 aromatic carbocycles. The first-order chi connectivity index (χ1) is 12.0. The smallest absolute Gasteiger partial charge is 0.259 e. The highest BCUT2D eigenvalue weighted by molar-refractivity contribution is 6.31. The highest BCUT2D eigenvalue weighted by atomic mass is 35.5. The van der Waals surface area contributed by atoms with Crippen LogP contribution in [0.25, 0.3) is 0 Å². The largest absolute Gasteiger partial charge is 0.397 e. The Labute approximate surface area is 148 Å². The zero-order valence-electron chi connectivity index (χ0n) is 13.0. The molecule has 0 saturated heterocycles. The summed E-state index contributed by atoms with van der Waals surface area (Å²) in [5, 5.41) is 6.17. The van der Waals surface area contributed by atoms with Gasteiger partial charge in [0.15, 0.2) is 0 Å². The molecule has 0 fully saturated rings. The van der Waals surface area contributed by atoms with Gasteiger partial charge in [-0.25, -0.2) is 9.37 Å². The van der Waals surface area contributed by atoms with Gasteiger partial charge >= 0.3 is 0 Å². The topological polar surface area (TPSA) is 80.0 Å². The second-order valence-electron chi connectivity index (χ2n) is 5.22. The van der Waals surface area contributed by atoms with Crippen LogP contribution in [0.2, 0.25) is 5.02 Å².